The Balaban J connectivity index is 0.00000225. The zero-order chi connectivity index (χ0) is 11.3. The van der Waals surface area contributed by atoms with Crippen LogP contribution >= 0.6 is 28.3 Å². The third kappa shape index (κ3) is 4.70. The monoisotopic (exact) mass is 308 g/mol. The molecule has 0 bridgehead atoms. The molecule has 0 amide bonds. The number of phenols is 1. The molecule has 0 saturated heterocycles. The fourth-order valence-corrected chi connectivity index (χ4v) is 1.83. The minimum atomic E-state index is 0. The van der Waals surface area contributed by atoms with Crippen LogP contribution in [0.5, 0.6) is 5.75 Å². The average molecular weight is 310 g/mol. The number of hydrogen-bond acceptors (Lipinski definition) is 3. The van der Waals surface area contributed by atoms with Crippen molar-refractivity contribution in [2.24, 2.45) is 11.5 Å². The molecule has 0 radical (unpaired) electrons. The number of halogens is 2. The molecule has 1 aromatic carbocycles. The molecule has 0 spiro atoms. The fourth-order valence-electron chi connectivity index (χ4n) is 1.43. The predicted octanol–water partition coefficient (Wildman–Crippen LogP) is 2.71. The normalized spacial score (nSPS) is 11.9. The summed E-state index contributed by atoms with van der Waals surface area (Å²) in [6, 6.07) is 5.39. The summed E-state index contributed by atoms with van der Waals surface area (Å²) in [6.45, 7) is 0.714. The maximum Gasteiger partial charge on any atom is 0.129 e. The van der Waals surface area contributed by atoms with Gasteiger partial charge >= 0.3 is 0 Å². The fraction of sp³-hybridized carbons (Fsp3) is 0.455. The number of unbranched alkanes of at least 4 members (excludes halogenated alkanes) is 1. The summed E-state index contributed by atoms with van der Waals surface area (Å²) in [5.41, 5.74) is 12.5. The smallest absolute Gasteiger partial charge is 0.129 e. The van der Waals surface area contributed by atoms with Crippen molar-refractivity contribution in [3.63, 3.8) is 0 Å². The molecule has 5 heteroatoms. The predicted molar refractivity (Wildman–Crippen MR) is 72.9 cm³/mol. The van der Waals surface area contributed by atoms with Gasteiger partial charge in [0.2, 0.25) is 0 Å². The number of benzene rings is 1. The Morgan fingerprint density at radius 3 is 2.56 bits per heavy atom. The Bertz CT molecular complexity index is 323. The Kier molecular flexibility index (Phi) is 7.76. The lowest BCUT2D eigenvalue weighted by molar-refractivity contribution is 0.471. The Morgan fingerprint density at radius 1 is 1.31 bits per heavy atom. The molecule has 0 saturated carbocycles. The molecule has 1 atom stereocenters. The molecule has 0 aliphatic rings. The Hall–Kier alpha value is -0.290. The lowest BCUT2D eigenvalue weighted by Crippen LogP contribution is -2.11. The lowest BCUT2D eigenvalue weighted by Gasteiger charge is -2.12. The summed E-state index contributed by atoms with van der Waals surface area (Å²) in [7, 11) is 0. The van der Waals surface area contributed by atoms with Crippen molar-refractivity contribution in [3.8, 4) is 5.75 Å². The van der Waals surface area contributed by atoms with Crippen molar-refractivity contribution in [3.05, 3.63) is 28.2 Å². The summed E-state index contributed by atoms with van der Waals surface area (Å²) in [6.07, 6.45) is 2.97. The first-order valence-corrected chi connectivity index (χ1v) is 5.88. The molecule has 0 unspecified atom stereocenters. The first kappa shape index (κ1) is 15.7. The van der Waals surface area contributed by atoms with Crippen molar-refractivity contribution < 1.29 is 5.11 Å². The largest absolute Gasteiger partial charge is 0.507 e. The van der Waals surface area contributed by atoms with E-state index < -0.39 is 0 Å². The van der Waals surface area contributed by atoms with Gasteiger partial charge in [-0.25, -0.2) is 0 Å². The number of nitrogens with two attached hydrogens (primary N) is 2. The SMILES string of the molecule is Cl.NCCCC[C@H](N)c1ccc(O)c(Br)c1. The highest BCUT2D eigenvalue weighted by molar-refractivity contribution is 9.10. The Labute approximate surface area is 111 Å². The molecule has 0 aliphatic carbocycles. The highest BCUT2D eigenvalue weighted by atomic mass is 79.9. The van der Waals surface area contributed by atoms with Crippen molar-refractivity contribution in [1.82, 2.24) is 0 Å². The van der Waals surface area contributed by atoms with Gasteiger partial charge in [-0.2, -0.15) is 0 Å². The van der Waals surface area contributed by atoms with Crippen molar-refractivity contribution in [1.29, 1.82) is 0 Å². The van der Waals surface area contributed by atoms with Gasteiger partial charge < -0.3 is 16.6 Å². The molecule has 0 heterocycles. The van der Waals surface area contributed by atoms with E-state index in [-0.39, 0.29) is 24.2 Å². The van der Waals surface area contributed by atoms with E-state index in [1.165, 1.54) is 0 Å². The molecule has 5 N–H and O–H groups in total. The van der Waals surface area contributed by atoms with Gasteiger partial charge in [0.1, 0.15) is 5.75 Å². The standard InChI is InChI=1S/C11H17BrN2O.ClH/c12-9-7-8(4-5-11(9)15)10(14)3-1-2-6-13;/h4-5,7,10,15H,1-3,6,13-14H2;1H/t10-;/m0./s1. The molecule has 16 heavy (non-hydrogen) atoms. The molecule has 3 nitrogen and oxygen atoms in total. The maximum atomic E-state index is 9.34. The van der Waals surface area contributed by atoms with Crippen molar-refractivity contribution in [2.75, 3.05) is 6.54 Å². The molecule has 1 rings (SSSR count). The van der Waals surface area contributed by atoms with Crippen LogP contribution in [0.15, 0.2) is 22.7 Å². The zero-order valence-corrected chi connectivity index (χ0v) is 11.4. The maximum absolute atomic E-state index is 9.34. The summed E-state index contributed by atoms with van der Waals surface area (Å²) < 4.78 is 0.689. The van der Waals surface area contributed by atoms with Crippen LogP contribution in [0.1, 0.15) is 30.9 Å². The second-order valence-electron chi connectivity index (χ2n) is 3.60. The van der Waals surface area contributed by atoms with Crippen molar-refractivity contribution in [2.45, 2.75) is 25.3 Å². The number of phenolic OH excluding ortho intramolecular Hbond substituents is 1. The molecule has 1 aromatic rings. The van der Waals surface area contributed by atoms with Crippen LogP contribution in [-0.4, -0.2) is 11.7 Å². The molecule has 0 aromatic heterocycles. The van der Waals surface area contributed by atoms with Gasteiger partial charge in [0.15, 0.2) is 0 Å². The van der Waals surface area contributed by atoms with Gasteiger partial charge in [-0.05, 0) is 53.0 Å². The van der Waals surface area contributed by atoms with Gasteiger partial charge in [0, 0.05) is 6.04 Å². The van der Waals surface area contributed by atoms with Gasteiger partial charge in [0.05, 0.1) is 4.47 Å². The van der Waals surface area contributed by atoms with Crippen LogP contribution < -0.4 is 11.5 Å². The summed E-state index contributed by atoms with van der Waals surface area (Å²) in [5, 5.41) is 9.34. The van der Waals surface area contributed by atoms with E-state index in [1.54, 1.807) is 6.07 Å². The highest BCUT2D eigenvalue weighted by Gasteiger charge is 2.07. The summed E-state index contributed by atoms with van der Waals surface area (Å²) in [4.78, 5) is 0. The highest BCUT2D eigenvalue weighted by Crippen LogP contribution is 2.27. The molecule has 0 fully saturated rings. The summed E-state index contributed by atoms with van der Waals surface area (Å²) in [5.74, 6) is 0.243. The van der Waals surface area contributed by atoms with Crippen LogP contribution in [0.2, 0.25) is 0 Å². The van der Waals surface area contributed by atoms with E-state index in [9.17, 15) is 5.11 Å². The average Bonchev–Trinajstić information content (AvgIpc) is 2.22. The molecule has 92 valence electrons. The van der Waals surface area contributed by atoms with E-state index in [0.717, 1.165) is 24.8 Å². The van der Waals surface area contributed by atoms with E-state index in [0.29, 0.717) is 11.0 Å². The number of aromatic hydroxyl groups is 1. The van der Waals surface area contributed by atoms with Crippen LogP contribution in [0.4, 0.5) is 0 Å². The summed E-state index contributed by atoms with van der Waals surface area (Å²) >= 11 is 3.27. The number of rotatable bonds is 5. The third-order valence-electron chi connectivity index (χ3n) is 2.37. The topological polar surface area (TPSA) is 72.3 Å². The first-order chi connectivity index (χ1) is 7.15. The minimum absolute atomic E-state index is 0. The molecular formula is C11H18BrClN2O. The van der Waals surface area contributed by atoms with Crippen LogP contribution in [-0.2, 0) is 0 Å². The van der Waals surface area contributed by atoms with Crippen molar-refractivity contribution >= 4 is 28.3 Å². The van der Waals surface area contributed by atoms with E-state index in [4.69, 9.17) is 11.5 Å². The second-order valence-corrected chi connectivity index (χ2v) is 4.46. The number of hydrogen-bond donors (Lipinski definition) is 3. The lowest BCUT2D eigenvalue weighted by atomic mass is 10.0. The molecule has 0 aliphatic heterocycles. The second kappa shape index (κ2) is 7.90. The Morgan fingerprint density at radius 2 is 2.00 bits per heavy atom. The first-order valence-electron chi connectivity index (χ1n) is 5.09. The zero-order valence-electron chi connectivity index (χ0n) is 9.03. The van der Waals surface area contributed by atoms with Gasteiger partial charge in [-0.3, -0.25) is 0 Å². The van der Waals surface area contributed by atoms with Crippen LogP contribution in [0.3, 0.4) is 0 Å². The van der Waals surface area contributed by atoms with E-state index in [2.05, 4.69) is 15.9 Å². The quantitative estimate of drug-likeness (QED) is 0.732. The van der Waals surface area contributed by atoms with Gasteiger partial charge in [0.25, 0.3) is 0 Å². The van der Waals surface area contributed by atoms with E-state index in [1.807, 2.05) is 12.1 Å². The minimum Gasteiger partial charge on any atom is -0.507 e. The van der Waals surface area contributed by atoms with Gasteiger partial charge in [-0.1, -0.05) is 12.5 Å². The molecular weight excluding hydrogens is 291 g/mol. The third-order valence-corrected chi connectivity index (χ3v) is 3.00. The van der Waals surface area contributed by atoms with Gasteiger partial charge in [-0.15, -0.1) is 12.4 Å². The van der Waals surface area contributed by atoms with Crippen LogP contribution in [0.25, 0.3) is 0 Å². The van der Waals surface area contributed by atoms with Crippen LogP contribution in [0, 0.1) is 0 Å². The van der Waals surface area contributed by atoms with E-state index >= 15 is 0 Å².